The SMILES string of the molecule is COc1ccccc1-c1c(C)oc2cc(OC(=O)C(C)Oc3c(F)c(F)c(F)c(F)c3F)ccc2c1=O. The van der Waals surface area contributed by atoms with E-state index in [1.807, 2.05) is 0 Å². The minimum atomic E-state index is -2.36. The van der Waals surface area contributed by atoms with Crippen molar-refractivity contribution in [2.45, 2.75) is 20.0 Å². The van der Waals surface area contributed by atoms with Gasteiger partial charge in [-0.15, -0.1) is 0 Å². The molecule has 0 saturated carbocycles. The molecule has 11 heteroatoms. The third kappa shape index (κ3) is 4.59. The first-order chi connectivity index (χ1) is 17.5. The standard InChI is InChI=1S/C26H17F5O6/c1-11-18(14-6-4-5-7-16(14)34-3)24(32)15-9-8-13(10-17(15)35-11)37-26(33)12(2)36-25-22(30)20(28)19(27)21(29)23(25)31/h4-10,12H,1-3H3. The number of esters is 1. The highest BCUT2D eigenvalue weighted by atomic mass is 19.2. The first kappa shape index (κ1) is 25.7. The Labute approximate surface area is 205 Å². The number of carbonyl (C=O) groups excluding carboxylic acids is 1. The van der Waals surface area contributed by atoms with Crippen LogP contribution in [-0.2, 0) is 4.79 Å². The van der Waals surface area contributed by atoms with Gasteiger partial charge in [-0.25, -0.2) is 18.0 Å². The van der Waals surface area contributed by atoms with E-state index in [2.05, 4.69) is 4.74 Å². The van der Waals surface area contributed by atoms with Gasteiger partial charge in [0.05, 0.1) is 18.1 Å². The van der Waals surface area contributed by atoms with Crippen LogP contribution in [0.15, 0.2) is 51.7 Å². The Morgan fingerprint density at radius 3 is 2.19 bits per heavy atom. The number of para-hydroxylation sites is 1. The Kier molecular flexibility index (Phi) is 6.88. The second-order valence-corrected chi connectivity index (χ2v) is 7.80. The van der Waals surface area contributed by atoms with Crippen molar-refractivity contribution in [3.05, 3.63) is 87.5 Å². The van der Waals surface area contributed by atoms with Gasteiger partial charge < -0.3 is 18.6 Å². The van der Waals surface area contributed by atoms with Crippen LogP contribution in [0.2, 0.25) is 0 Å². The van der Waals surface area contributed by atoms with Gasteiger partial charge in [0.1, 0.15) is 22.8 Å². The molecule has 1 atom stereocenters. The molecular formula is C26H17F5O6. The van der Waals surface area contributed by atoms with Gasteiger partial charge in [0, 0.05) is 11.6 Å². The fourth-order valence-corrected chi connectivity index (χ4v) is 3.62. The molecule has 0 aliphatic heterocycles. The quantitative estimate of drug-likeness (QED) is 0.105. The van der Waals surface area contributed by atoms with E-state index in [0.717, 1.165) is 6.92 Å². The maximum Gasteiger partial charge on any atom is 0.352 e. The molecule has 0 saturated heterocycles. The van der Waals surface area contributed by atoms with Gasteiger partial charge in [0.25, 0.3) is 0 Å². The van der Waals surface area contributed by atoms with Crippen molar-refractivity contribution in [3.8, 4) is 28.4 Å². The minimum absolute atomic E-state index is 0.0692. The largest absolute Gasteiger partial charge is 0.496 e. The van der Waals surface area contributed by atoms with E-state index in [9.17, 15) is 31.5 Å². The van der Waals surface area contributed by atoms with Crippen molar-refractivity contribution >= 4 is 16.9 Å². The van der Waals surface area contributed by atoms with Gasteiger partial charge in [0.2, 0.25) is 34.5 Å². The Morgan fingerprint density at radius 1 is 0.919 bits per heavy atom. The lowest BCUT2D eigenvalue weighted by atomic mass is 10.0. The predicted octanol–water partition coefficient (Wildman–Crippen LogP) is 5.85. The maximum absolute atomic E-state index is 13.9. The monoisotopic (exact) mass is 520 g/mol. The summed E-state index contributed by atoms with van der Waals surface area (Å²) >= 11 is 0. The summed E-state index contributed by atoms with van der Waals surface area (Å²) in [5, 5.41) is 0.164. The van der Waals surface area contributed by atoms with E-state index in [1.165, 1.54) is 25.3 Å². The van der Waals surface area contributed by atoms with Gasteiger partial charge in [-0.3, -0.25) is 4.79 Å². The van der Waals surface area contributed by atoms with Crippen LogP contribution in [0.5, 0.6) is 17.2 Å². The summed E-state index contributed by atoms with van der Waals surface area (Å²) in [4.78, 5) is 25.6. The number of aryl methyl sites for hydroxylation is 1. The zero-order valence-corrected chi connectivity index (χ0v) is 19.5. The van der Waals surface area contributed by atoms with Crippen molar-refractivity contribution in [2.75, 3.05) is 7.11 Å². The lowest BCUT2D eigenvalue weighted by Crippen LogP contribution is -2.29. The zero-order valence-electron chi connectivity index (χ0n) is 19.5. The number of rotatable bonds is 6. The highest BCUT2D eigenvalue weighted by Gasteiger charge is 2.30. The molecule has 37 heavy (non-hydrogen) atoms. The molecule has 0 aliphatic rings. The molecule has 6 nitrogen and oxygen atoms in total. The summed E-state index contributed by atoms with van der Waals surface area (Å²) < 4.78 is 88.6. The Hall–Kier alpha value is -4.41. The molecule has 4 rings (SSSR count). The number of hydrogen-bond acceptors (Lipinski definition) is 6. The zero-order chi connectivity index (χ0) is 27.0. The third-order valence-corrected chi connectivity index (χ3v) is 5.43. The van der Waals surface area contributed by atoms with Crippen LogP contribution < -0.4 is 19.6 Å². The molecule has 1 heterocycles. The summed E-state index contributed by atoms with van der Waals surface area (Å²) in [5.74, 6) is -13.5. The normalized spacial score (nSPS) is 11.9. The summed E-state index contributed by atoms with van der Waals surface area (Å²) in [5.41, 5.74) is 0.496. The van der Waals surface area contributed by atoms with Crippen molar-refractivity contribution in [1.29, 1.82) is 0 Å². The van der Waals surface area contributed by atoms with E-state index >= 15 is 0 Å². The lowest BCUT2D eigenvalue weighted by Gasteiger charge is -2.16. The number of carbonyl (C=O) groups is 1. The van der Waals surface area contributed by atoms with E-state index < -0.39 is 46.9 Å². The van der Waals surface area contributed by atoms with E-state index in [4.69, 9.17) is 13.9 Å². The van der Waals surface area contributed by atoms with E-state index in [1.54, 1.807) is 31.2 Å². The average Bonchev–Trinajstić information content (AvgIpc) is 2.88. The summed E-state index contributed by atoms with van der Waals surface area (Å²) in [7, 11) is 1.47. The van der Waals surface area contributed by atoms with Crippen molar-refractivity contribution in [2.24, 2.45) is 0 Å². The van der Waals surface area contributed by atoms with Gasteiger partial charge in [-0.2, -0.15) is 8.78 Å². The lowest BCUT2D eigenvalue weighted by molar-refractivity contribution is -0.141. The first-order valence-corrected chi connectivity index (χ1v) is 10.7. The molecule has 0 aliphatic carbocycles. The number of methoxy groups -OCH3 is 1. The van der Waals surface area contributed by atoms with Crippen molar-refractivity contribution in [3.63, 3.8) is 0 Å². The fourth-order valence-electron chi connectivity index (χ4n) is 3.62. The number of benzene rings is 3. The molecule has 3 aromatic carbocycles. The number of ether oxygens (including phenoxy) is 3. The minimum Gasteiger partial charge on any atom is -0.496 e. The molecule has 0 N–H and O–H groups in total. The van der Waals surface area contributed by atoms with E-state index in [-0.39, 0.29) is 33.5 Å². The summed E-state index contributed by atoms with van der Waals surface area (Å²) in [6.45, 7) is 2.56. The van der Waals surface area contributed by atoms with Crippen LogP contribution in [-0.4, -0.2) is 19.2 Å². The van der Waals surface area contributed by atoms with Crippen LogP contribution in [0.4, 0.5) is 22.0 Å². The highest BCUT2D eigenvalue weighted by Crippen LogP contribution is 2.33. The topological polar surface area (TPSA) is 75.0 Å². The average molecular weight is 520 g/mol. The Bertz CT molecular complexity index is 1570. The molecule has 1 aromatic heterocycles. The molecule has 1 unspecified atom stereocenters. The highest BCUT2D eigenvalue weighted by molar-refractivity contribution is 5.86. The molecule has 0 spiro atoms. The number of halogens is 5. The van der Waals surface area contributed by atoms with Crippen LogP contribution in [0.1, 0.15) is 12.7 Å². The van der Waals surface area contributed by atoms with Crippen LogP contribution in [0.3, 0.4) is 0 Å². The van der Waals surface area contributed by atoms with E-state index in [0.29, 0.717) is 11.3 Å². The molecule has 0 fully saturated rings. The Morgan fingerprint density at radius 2 is 1.54 bits per heavy atom. The fraction of sp³-hybridized carbons (Fsp3) is 0.154. The Balaban J connectivity index is 1.62. The van der Waals surface area contributed by atoms with Crippen LogP contribution in [0, 0.1) is 36.0 Å². The second-order valence-electron chi connectivity index (χ2n) is 7.80. The van der Waals surface area contributed by atoms with Gasteiger partial charge in [-0.05, 0) is 32.0 Å². The third-order valence-electron chi connectivity index (χ3n) is 5.43. The van der Waals surface area contributed by atoms with Crippen molar-refractivity contribution < 1.29 is 45.4 Å². The van der Waals surface area contributed by atoms with Gasteiger partial charge >= 0.3 is 5.97 Å². The number of hydrogen-bond donors (Lipinski definition) is 0. The molecule has 0 radical (unpaired) electrons. The second kappa shape index (κ2) is 9.92. The molecule has 0 amide bonds. The van der Waals surface area contributed by atoms with Gasteiger partial charge in [0.15, 0.2) is 11.9 Å². The molecule has 4 aromatic rings. The number of fused-ring (bicyclic) bond motifs is 1. The van der Waals surface area contributed by atoms with Crippen molar-refractivity contribution in [1.82, 2.24) is 0 Å². The first-order valence-electron chi connectivity index (χ1n) is 10.7. The molecular weight excluding hydrogens is 503 g/mol. The van der Waals surface area contributed by atoms with Crippen LogP contribution in [0.25, 0.3) is 22.1 Å². The molecule has 192 valence electrons. The van der Waals surface area contributed by atoms with Gasteiger partial charge in [-0.1, -0.05) is 18.2 Å². The molecule has 0 bridgehead atoms. The maximum atomic E-state index is 13.9. The summed E-state index contributed by atoms with van der Waals surface area (Å²) in [6, 6.07) is 10.7. The van der Waals surface area contributed by atoms with Crippen LogP contribution >= 0.6 is 0 Å². The predicted molar refractivity (Wildman–Crippen MR) is 121 cm³/mol. The smallest absolute Gasteiger partial charge is 0.352 e. The summed E-state index contributed by atoms with van der Waals surface area (Å²) in [6.07, 6.45) is -1.77.